The molecule has 1 aliphatic heterocycles. The number of aryl methyl sites for hydroxylation is 1. The van der Waals surface area contributed by atoms with Crippen molar-refractivity contribution >= 4 is 22.8 Å². The van der Waals surface area contributed by atoms with Crippen LogP contribution >= 0.6 is 0 Å². The van der Waals surface area contributed by atoms with E-state index in [1.807, 2.05) is 36.1 Å². The summed E-state index contributed by atoms with van der Waals surface area (Å²) in [6.07, 6.45) is -3.10. The second kappa shape index (κ2) is 10.2. The first-order valence-corrected chi connectivity index (χ1v) is 12.0. The van der Waals surface area contributed by atoms with Crippen molar-refractivity contribution in [3.63, 3.8) is 0 Å². The van der Waals surface area contributed by atoms with Crippen LogP contribution in [0.3, 0.4) is 0 Å². The number of amides is 1. The van der Waals surface area contributed by atoms with E-state index in [9.17, 15) is 18.0 Å². The summed E-state index contributed by atoms with van der Waals surface area (Å²) in [6, 6.07) is 14.0. The van der Waals surface area contributed by atoms with Gasteiger partial charge in [-0.15, -0.1) is 13.2 Å². The first-order chi connectivity index (χ1) is 17.7. The molecule has 1 amide bonds. The van der Waals surface area contributed by atoms with Crippen LogP contribution in [0.15, 0.2) is 53.1 Å². The number of carbonyl (C=O) groups excluding carboxylic acids is 1. The molecular formula is C26H26F3N5O3. The number of carbonyl (C=O) groups is 1. The van der Waals surface area contributed by atoms with Crippen molar-refractivity contribution < 1.29 is 27.2 Å². The first-order valence-electron chi connectivity index (χ1n) is 12.0. The summed E-state index contributed by atoms with van der Waals surface area (Å²) in [5, 5.41) is 7.88. The maximum absolute atomic E-state index is 12.8. The van der Waals surface area contributed by atoms with Gasteiger partial charge in [0.1, 0.15) is 11.4 Å². The van der Waals surface area contributed by atoms with Crippen LogP contribution in [-0.4, -0.2) is 47.0 Å². The summed E-state index contributed by atoms with van der Waals surface area (Å²) in [5.41, 5.74) is 3.05. The summed E-state index contributed by atoms with van der Waals surface area (Å²) in [7, 11) is 0. The molecule has 1 fully saturated rings. The quantitative estimate of drug-likeness (QED) is 0.356. The minimum absolute atomic E-state index is 0.0649. The van der Waals surface area contributed by atoms with Crippen molar-refractivity contribution in [1.29, 1.82) is 0 Å². The Balaban J connectivity index is 1.12. The number of hydrogen-bond acceptors (Lipinski definition) is 6. The molecule has 1 aliphatic rings. The Morgan fingerprint density at radius 3 is 2.76 bits per heavy atom. The fourth-order valence-corrected chi connectivity index (χ4v) is 4.65. The molecule has 0 bridgehead atoms. The normalized spacial score (nSPS) is 14.8. The van der Waals surface area contributed by atoms with Crippen molar-refractivity contribution in [3.05, 3.63) is 71.2 Å². The summed E-state index contributed by atoms with van der Waals surface area (Å²) >= 11 is 0. The minimum atomic E-state index is -4.73. The summed E-state index contributed by atoms with van der Waals surface area (Å²) < 4.78 is 47.9. The van der Waals surface area contributed by atoms with Gasteiger partial charge in [-0.05, 0) is 60.7 Å². The number of aromatic amines is 1. The van der Waals surface area contributed by atoms with E-state index in [1.165, 1.54) is 12.1 Å². The van der Waals surface area contributed by atoms with Crippen molar-refractivity contribution in [1.82, 2.24) is 20.4 Å². The fourth-order valence-electron chi connectivity index (χ4n) is 4.65. The highest BCUT2D eigenvalue weighted by Gasteiger charge is 2.33. The second-order valence-corrected chi connectivity index (χ2v) is 9.11. The van der Waals surface area contributed by atoms with E-state index in [-0.39, 0.29) is 17.6 Å². The third kappa shape index (κ3) is 5.87. The molecule has 3 heterocycles. The van der Waals surface area contributed by atoms with Crippen LogP contribution < -0.4 is 15.0 Å². The van der Waals surface area contributed by atoms with Crippen LogP contribution in [0, 0.1) is 6.92 Å². The summed E-state index contributed by atoms with van der Waals surface area (Å²) in [4.78, 5) is 22.0. The van der Waals surface area contributed by atoms with E-state index < -0.39 is 6.36 Å². The zero-order chi connectivity index (χ0) is 26.0. The van der Waals surface area contributed by atoms with Crippen molar-refractivity contribution in [3.8, 4) is 5.75 Å². The highest BCUT2D eigenvalue weighted by molar-refractivity contribution is 5.98. The SMILES string of the molecule is Cc1ccc2[nH]c(C(=O)NCCc3nc(N4CCC(c5ccccc5OC(F)(F)F)CC4)no3)cc2c1. The van der Waals surface area contributed by atoms with Gasteiger partial charge in [0.2, 0.25) is 5.89 Å². The van der Waals surface area contributed by atoms with E-state index in [4.69, 9.17) is 4.52 Å². The number of aromatic nitrogens is 3. The largest absolute Gasteiger partial charge is 0.573 e. The lowest BCUT2D eigenvalue weighted by Gasteiger charge is -2.31. The Morgan fingerprint density at radius 2 is 1.97 bits per heavy atom. The van der Waals surface area contributed by atoms with Gasteiger partial charge in [0, 0.05) is 37.0 Å². The Morgan fingerprint density at radius 1 is 1.19 bits per heavy atom. The number of rotatable bonds is 7. The van der Waals surface area contributed by atoms with Gasteiger partial charge in [-0.1, -0.05) is 29.8 Å². The average molecular weight is 514 g/mol. The topological polar surface area (TPSA) is 96.3 Å². The number of fused-ring (bicyclic) bond motifs is 1. The molecule has 4 aromatic rings. The number of anilines is 1. The van der Waals surface area contributed by atoms with Gasteiger partial charge in [-0.25, -0.2) is 0 Å². The van der Waals surface area contributed by atoms with Gasteiger partial charge < -0.3 is 24.5 Å². The standard InChI is InChI=1S/C26H26F3N5O3/c1-16-6-7-20-18(14-16)15-21(31-20)24(35)30-11-8-23-32-25(33-37-23)34-12-9-17(10-13-34)19-4-2-3-5-22(19)36-26(27,28)29/h2-7,14-15,17,31H,8-13H2,1H3,(H,30,35). The molecule has 1 saturated heterocycles. The molecule has 2 aromatic carbocycles. The third-order valence-electron chi connectivity index (χ3n) is 6.46. The van der Waals surface area contributed by atoms with Crippen LogP contribution in [0.1, 0.15) is 46.3 Å². The van der Waals surface area contributed by atoms with Crippen LogP contribution in [0.5, 0.6) is 5.75 Å². The number of benzene rings is 2. The molecule has 194 valence electrons. The van der Waals surface area contributed by atoms with Gasteiger partial charge in [0.15, 0.2) is 0 Å². The van der Waals surface area contributed by atoms with E-state index in [0.29, 0.717) is 62.0 Å². The molecule has 0 spiro atoms. The van der Waals surface area contributed by atoms with Crippen molar-refractivity contribution in [2.45, 2.75) is 38.5 Å². The van der Waals surface area contributed by atoms with Gasteiger partial charge >= 0.3 is 6.36 Å². The van der Waals surface area contributed by atoms with Crippen molar-refractivity contribution in [2.24, 2.45) is 0 Å². The molecular weight excluding hydrogens is 487 g/mol. The zero-order valence-corrected chi connectivity index (χ0v) is 20.1. The number of piperidine rings is 1. The number of ether oxygens (including phenoxy) is 1. The van der Waals surface area contributed by atoms with E-state index in [1.54, 1.807) is 12.1 Å². The van der Waals surface area contributed by atoms with Crippen LogP contribution in [-0.2, 0) is 6.42 Å². The minimum Gasteiger partial charge on any atom is -0.405 e. The average Bonchev–Trinajstić information content (AvgIpc) is 3.50. The van der Waals surface area contributed by atoms with Crippen molar-refractivity contribution in [2.75, 3.05) is 24.5 Å². The smallest absolute Gasteiger partial charge is 0.405 e. The predicted molar refractivity (Wildman–Crippen MR) is 131 cm³/mol. The lowest BCUT2D eigenvalue weighted by molar-refractivity contribution is -0.275. The molecule has 0 aliphatic carbocycles. The van der Waals surface area contributed by atoms with Gasteiger partial charge in [0.25, 0.3) is 11.9 Å². The highest BCUT2D eigenvalue weighted by atomic mass is 19.4. The number of alkyl halides is 3. The molecule has 37 heavy (non-hydrogen) atoms. The highest BCUT2D eigenvalue weighted by Crippen LogP contribution is 2.37. The van der Waals surface area contributed by atoms with E-state index in [2.05, 4.69) is 25.2 Å². The number of hydrogen-bond donors (Lipinski definition) is 2. The number of nitrogens with one attached hydrogen (secondary N) is 2. The molecule has 0 radical (unpaired) electrons. The van der Waals surface area contributed by atoms with Gasteiger partial charge in [-0.3, -0.25) is 4.79 Å². The Hall–Kier alpha value is -4.02. The van der Waals surface area contributed by atoms with Gasteiger partial charge in [-0.2, -0.15) is 4.98 Å². The van der Waals surface area contributed by atoms with Crippen LogP contribution in [0.2, 0.25) is 0 Å². The number of nitrogens with zero attached hydrogens (tertiary/aromatic N) is 3. The number of para-hydroxylation sites is 1. The van der Waals surface area contributed by atoms with E-state index in [0.717, 1.165) is 16.5 Å². The number of H-pyrrole nitrogens is 1. The van der Waals surface area contributed by atoms with E-state index >= 15 is 0 Å². The molecule has 11 heteroatoms. The maximum Gasteiger partial charge on any atom is 0.573 e. The summed E-state index contributed by atoms with van der Waals surface area (Å²) in [5.74, 6) is 0.398. The molecule has 0 saturated carbocycles. The zero-order valence-electron chi connectivity index (χ0n) is 20.1. The molecule has 8 nitrogen and oxygen atoms in total. The molecule has 2 N–H and O–H groups in total. The molecule has 2 aromatic heterocycles. The summed E-state index contributed by atoms with van der Waals surface area (Å²) in [6.45, 7) is 3.47. The monoisotopic (exact) mass is 513 g/mol. The van der Waals surface area contributed by atoms with Gasteiger partial charge in [0.05, 0.1) is 0 Å². The van der Waals surface area contributed by atoms with Crippen LogP contribution in [0.25, 0.3) is 10.9 Å². The maximum atomic E-state index is 12.8. The fraction of sp³-hybridized carbons (Fsp3) is 0.346. The lowest BCUT2D eigenvalue weighted by atomic mass is 9.89. The molecule has 5 rings (SSSR count). The third-order valence-corrected chi connectivity index (χ3v) is 6.46. The molecule has 0 atom stereocenters. The first kappa shape index (κ1) is 24.7. The second-order valence-electron chi connectivity index (χ2n) is 9.11. The molecule has 0 unspecified atom stereocenters. The predicted octanol–water partition coefficient (Wildman–Crippen LogP) is 5.11. The lowest BCUT2D eigenvalue weighted by Crippen LogP contribution is -2.34. The Bertz CT molecular complexity index is 1390. The van der Waals surface area contributed by atoms with Crippen LogP contribution in [0.4, 0.5) is 19.1 Å². The Kier molecular flexibility index (Phi) is 6.77. The number of halogens is 3. The Labute approximate surface area is 210 Å².